The molecule has 0 aromatic heterocycles. The number of halogens is 6. The predicted molar refractivity (Wildman–Crippen MR) is 94.9 cm³/mol. The van der Waals surface area contributed by atoms with Crippen molar-refractivity contribution >= 4 is 35.1 Å². The fourth-order valence-electron chi connectivity index (χ4n) is 2.29. The number of anilines is 1. The van der Waals surface area contributed by atoms with Crippen molar-refractivity contribution in [3.63, 3.8) is 0 Å². The van der Waals surface area contributed by atoms with E-state index in [0.29, 0.717) is 0 Å². The number of ketones is 1. The number of primary amides is 1. The minimum atomic E-state index is -2.42. The lowest BCUT2D eigenvalue weighted by Crippen LogP contribution is -2.37. The lowest BCUT2D eigenvalue weighted by Gasteiger charge is -2.21. The molecular weight excluding hydrogens is 439 g/mol. The van der Waals surface area contributed by atoms with Crippen molar-refractivity contribution < 1.29 is 41.1 Å². The number of rotatable bonds is 6. The molecular formula is C18H12ClF5N2O4. The van der Waals surface area contributed by atoms with Gasteiger partial charge in [0.1, 0.15) is 5.78 Å². The summed E-state index contributed by atoms with van der Waals surface area (Å²) in [7, 11) is 0. The van der Waals surface area contributed by atoms with Gasteiger partial charge in [-0.1, -0.05) is 11.6 Å². The van der Waals surface area contributed by atoms with E-state index in [2.05, 4.69) is 4.74 Å². The number of benzene rings is 2. The van der Waals surface area contributed by atoms with Crippen LogP contribution in [-0.2, 0) is 4.79 Å². The molecule has 0 aliphatic rings. The molecule has 2 aromatic rings. The molecule has 0 fully saturated rings. The van der Waals surface area contributed by atoms with Gasteiger partial charge in [-0.2, -0.15) is 8.78 Å². The highest BCUT2D eigenvalue weighted by atomic mass is 35.5. The molecule has 0 atom stereocenters. The van der Waals surface area contributed by atoms with Gasteiger partial charge in [-0.15, -0.1) is 0 Å². The summed E-state index contributed by atoms with van der Waals surface area (Å²) in [6.07, 6.45) is -0.0987. The molecule has 160 valence electrons. The zero-order valence-electron chi connectivity index (χ0n) is 15.1. The smallest absolute Gasteiger partial charge is 0.343 e. The molecule has 12 heteroatoms. The van der Waals surface area contributed by atoms with Gasteiger partial charge in [0.05, 0.1) is 16.3 Å². The summed E-state index contributed by atoms with van der Waals surface area (Å²) in [5.41, 5.74) is 4.65. The first-order valence-electron chi connectivity index (χ1n) is 8.05. The Kier molecular flexibility index (Phi) is 6.98. The van der Waals surface area contributed by atoms with E-state index >= 15 is 0 Å². The Bertz CT molecular complexity index is 1020. The van der Waals surface area contributed by atoms with Crippen LogP contribution >= 0.6 is 11.6 Å². The molecule has 0 aliphatic heterocycles. The molecule has 0 unspecified atom stereocenters. The number of ether oxygens (including phenoxy) is 1. The third kappa shape index (κ3) is 4.67. The van der Waals surface area contributed by atoms with Crippen LogP contribution in [0.15, 0.2) is 18.2 Å². The molecule has 0 heterocycles. The number of Topliss-reactive ketones (excluding diaryl/α,β-unsaturated/α-hetero) is 1. The minimum absolute atomic E-state index is 0.0786. The lowest BCUT2D eigenvalue weighted by molar-refractivity contribution is -0.116. The molecule has 2 amide bonds. The molecule has 2 N–H and O–H groups in total. The fraction of sp³-hybridized carbons (Fsp3) is 0.167. The van der Waals surface area contributed by atoms with E-state index < -0.39 is 52.4 Å². The van der Waals surface area contributed by atoms with E-state index in [1.54, 1.807) is 0 Å². The maximum absolute atomic E-state index is 13.7. The maximum atomic E-state index is 13.7. The summed E-state index contributed by atoms with van der Waals surface area (Å²) in [5, 5.41) is -0.0786. The molecule has 0 bridgehead atoms. The maximum Gasteiger partial charge on any atom is 0.343 e. The highest BCUT2D eigenvalue weighted by Crippen LogP contribution is 2.31. The standard InChI is InChI=1S/C18H12ClF5N2O4/c1-7(27)4-5-26(18(25)29)10-6-8(2-3-9(10)19)17(28)30-16-14(23)12(21)11(20)13(22)15(16)24/h2-3,6H,4-5H2,1H3,(H2,25,29). The van der Waals surface area contributed by atoms with Gasteiger partial charge in [0, 0.05) is 13.0 Å². The number of hydrogen-bond acceptors (Lipinski definition) is 4. The van der Waals surface area contributed by atoms with Gasteiger partial charge >= 0.3 is 12.0 Å². The van der Waals surface area contributed by atoms with Crippen molar-refractivity contribution in [1.29, 1.82) is 0 Å². The number of amides is 2. The SMILES string of the molecule is CC(=O)CCN(C(N)=O)c1cc(C(=O)Oc2c(F)c(F)c(F)c(F)c2F)ccc1Cl. The Morgan fingerprint density at radius 3 is 2.03 bits per heavy atom. The molecule has 0 radical (unpaired) electrons. The second-order valence-electron chi connectivity index (χ2n) is 5.90. The van der Waals surface area contributed by atoms with E-state index in [9.17, 15) is 36.3 Å². The molecule has 0 spiro atoms. The summed E-state index contributed by atoms with van der Waals surface area (Å²) in [4.78, 5) is 35.9. The monoisotopic (exact) mass is 450 g/mol. The Labute approximate surface area is 171 Å². The van der Waals surface area contributed by atoms with Crippen molar-refractivity contribution in [2.24, 2.45) is 5.73 Å². The molecule has 2 rings (SSSR count). The first-order chi connectivity index (χ1) is 14.0. The number of nitrogens with zero attached hydrogens (tertiary/aromatic N) is 1. The summed E-state index contributed by atoms with van der Waals surface area (Å²) in [6.45, 7) is 1.07. The van der Waals surface area contributed by atoms with Gasteiger partial charge in [-0.3, -0.25) is 9.69 Å². The summed E-state index contributed by atoms with van der Waals surface area (Å²) < 4.78 is 71.4. The van der Waals surface area contributed by atoms with E-state index in [4.69, 9.17) is 17.3 Å². The van der Waals surface area contributed by atoms with Gasteiger partial charge in [-0.05, 0) is 25.1 Å². The van der Waals surface area contributed by atoms with Crippen molar-refractivity contribution in [2.45, 2.75) is 13.3 Å². The van der Waals surface area contributed by atoms with Crippen LogP contribution in [0.4, 0.5) is 32.4 Å². The summed E-state index contributed by atoms with van der Waals surface area (Å²) in [6, 6.07) is 2.05. The predicted octanol–water partition coefficient (Wildman–Crippen LogP) is 4.12. The first-order valence-corrected chi connectivity index (χ1v) is 8.43. The number of hydrogen-bond donors (Lipinski definition) is 1. The lowest BCUT2D eigenvalue weighted by atomic mass is 10.1. The largest absolute Gasteiger partial charge is 0.416 e. The number of carbonyl (C=O) groups excluding carboxylic acids is 3. The van der Waals surface area contributed by atoms with Crippen molar-refractivity contribution in [1.82, 2.24) is 0 Å². The fourth-order valence-corrected chi connectivity index (χ4v) is 2.51. The summed E-state index contributed by atoms with van der Waals surface area (Å²) >= 11 is 5.98. The topological polar surface area (TPSA) is 89.7 Å². The molecule has 30 heavy (non-hydrogen) atoms. The third-order valence-electron chi connectivity index (χ3n) is 3.79. The van der Waals surface area contributed by atoms with Crippen LogP contribution in [0.3, 0.4) is 0 Å². The molecule has 6 nitrogen and oxygen atoms in total. The number of nitrogens with two attached hydrogens (primary N) is 1. The highest BCUT2D eigenvalue weighted by Gasteiger charge is 2.29. The van der Waals surface area contributed by atoms with Gasteiger partial charge in [0.25, 0.3) is 0 Å². The number of esters is 1. The first kappa shape index (κ1) is 23.1. The quantitative estimate of drug-likeness (QED) is 0.236. The number of urea groups is 1. The third-order valence-corrected chi connectivity index (χ3v) is 4.11. The van der Waals surface area contributed by atoms with E-state index in [0.717, 1.165) is 23.1 Å². The molecule has 0 saturated heterocycles. The Morgan fingerprint density at radius 1 is 1.00 bits per heavy atom. The molecule has 0 saturated carbocycles. The van der Waals surface area contributed by atoms with Crippen LogP contribution in [0.25, 0.3) is 0 Å². The van der Waals surface area contributed by atoms with Crippen LogP contribution in [0, 0.1) is 29.1 Å². The van der Waals surface area contributed by atoms with Crippen LogP contribution in [0.5, 0.6) is 5.75 Å². The second-order valence-corrected chi connectivity index (χ2v) is 6.30. The van der Waals surface area contributed by atoms with Crippen molar-refractivity contribution in [3.8, 4) is 5.75 Å². The number of carbonyl (C=O) groups is 3. The highest BCUT2D eigenvalue weighted by molar-refractivity contribution is 6.34. The van der Waals surface area contributed by atoms with E-state index in [-0.39, 0.29) is 29.5 Å². The van der Waals surface area contributed by atoms with Crippen LogP contribution in [0.2, 0.25) is 5.02 Å². The van der Waals surface area contributed by atoms with Crippen molar-refractivity contribution in [3.05, 3.63) is 57.9 Å². The Balaban J connectivity index is 2.42. The molecule has 0 aliphatic carbocycles. The van der Waals surface area contributed by atoms with Crippen LogP contribution in [0.1, 0.15) is 23.7 Å². The normalized spacial score (nSPS) is 10.6. The second kappa shape index (κ2) is 9.08. The van der Waals surface area contributed by atoms with Crippen LogP contribution in [-0.4, -0.2) is 24.3 Å². The Hall–Kier alpha value is -3.21. The average molecular weight is 451 g/mol. The average Bonchev–Trinajstić information content (AvgIpc) is 2.69. The van der Waals surface area contributed by atoms with Crippen molar-refractivity contribution in [2.75, 3.05) is 11.4 Å². The minimum Gasteiger partial charge on any atom is -0.416 e. The summed E-state index contributed by atoms with van der Waals surface area (Å²) in [5.74, 6) is -15.3. The van der Waals surface area contributed by atoms with Gasteiger partial charge in [-0.25, -0.2) is 22.8 Å². The zero-order valence-corrected chi connectivity index (χ0v) is 15.8. The van der Waals surface area contributed by atoms with Gasteiger partial charge in [0.15, 0.2) is 0 Å². The Morgan fingerprint density at radius 2 is 1.53 bits per heavy atom. The van der Waals surface area contributed by atoms with Crippen LogP contribution < -0.4 is 15.4 Å². The van der Waals surface area contributed by atoms with Gasteiger partial charge < -0.3 is 10.5 Å². The molecule has 2 aromatic carbocycles. The van der Waals surface area contributed by atoms with E-state index in [1.165, 1.54) is 6.92 Å². The van der Waals surface area contributed by atoms with Gasteiger partial charge in [0.2, 0.25) is 34.8 Å². The zero-order chi connectivity index (χ0) is 22.7. The van der Waals surface area contributed by atoms with E-state index in [1.807, 2.05) is 0 Å².